The van der Waals surface area contributed by atoms with E-state index in [9.17, 15) is 9.59 Å². The molecule has 0 radical (unpaired) electrons. The predicted molar refractivity (Wildman–Crippen MR) is 105 cm³/mol. The molecule has 0 bridgehead atoms. The van der Waals surface area contributed by atoms with Gasteiger partial charge in [0.15, 0.2) is 0 Å². The number of anilines is 1. The first-order valence-corrected chi connectivity index (χ1v) is 8.44. The zero-order valence-electron chi connectivity index (χ0n) is 13.9. The molecule has 27 heavy (non-hydrogen) atoms. The number of phenols is 2. The number of rotatable bonds is 0. The number of nitrogens with zero attached hydrogens (tertiary/aromatic N) is 1. The molecule has 0 saturated heterocycles. The van der Waals surface area contributed by atoms with Crippen molar-refractivity contribution in [3.8, 4) is 11.5 Å². The minimum absolute atomic E-state index is 0.184. The molecule has 1 aliphatic rings. The molecule has 3 aromatic carbocycles. The number of hydrogen-bond donors (Lipinski definition) is 2. The number of benzene rings is 3. The summed E-state index contributed by atoms with van der Waals surface area (Å²) in [7, 11) is 0. The molecule has 5 nitrogen and oxygen atoms in total. The van der Waals surface area contributed by atoms with Gasteiger partial charge in [0.1, 0.15) is 11.5 Å². The van der Waals surface area contributed by atoms with Crippen molar-refractivity contribution >= 4 is 40.8 Å². The molecule has 3 aromatic rings. The highest BCUT2D eigenvalue weighted by atomic mass is 35.5. The number of phenolic OH excluding ortho intramolecular Hbond substituents is 2. The first-order valence-electron chi connectivity index (χ1n) is 7.73. The van der Waals surface area contributed by atoms with Gasteiger partial charge in [-0.1, -0.05) is 54.1 Å². The minimum atomic E-state index is -0.759. The highest BCUT2D eigenvalue weighted by molar-refractivity contribution is 6.63. The second-order valence-electron chi connectivity index (χ2n) is 5.22. The molecule has 0 atom stereocenters. The standard InChI is InChI=1S/C8H3Cl2NO2.2C6H6O/c9-4-2-1-3-5-6(4)7(12)8(13)11(5)10;2*7-6-4-2-1-3-5-6/h1-3H;2*1-5,7H. The van der Waals surface area contributed by atoms with Crippen LogP contribution < -0.4 is 4.42 Å². The monoisotopic (exact) mass is 403 g/mol. The number of ketones is 1. The van der Waals surface area contributed by atoms with Crippen molar-refractivity contribution in [2.24, 2.45) is 0 Å². The highest BCUT2D eigenvalue weighted by Gasteiger charge is 2.36. The number of aromatic hydroxyl groups is 2. The van der Waals surface area contributed by atoms with Crippen LogP contribution >= 0.6 is 23.4 Å². The summed E-state index contributed by atoms with van der Waals surface area (Å²) in [5, 5.41) is 17.5. The topological polar surface area (TPSA) is 77.8 Å². The van der Waals surface area contributed by atoms with Gasteiger partial charge in [0, 0.05) is 11.8 Å². The van der Waals surface area contributed by atoms with Crippen molar-refractivity contribution in [1.29, 1.82) is 0 Å². The van der Waals surface area contributed by atoms with Gasteiger partial charge in [-0.2, -0.15) is 0 Å². The Morgan fingerprint density at radius 1 is 0.704 bits per heavy atom. The third kappa shape index (κ3) is 5.48. The maximum Gasteiger partial charge on any atom is 0.314 e. The molecule has 0 unspecified atom stereocenters. The lowest BCUT2D eigenvalue weighted by atomic mass is 10.1. The molecule has 138 valence electrons. The second kappa shape index (κ2) is 9.62. The molecule has 1 aliphatic heterocycles. The quantitative estimate of drug-likeness (QED) is 0.417. The van der Waals surface area contributed by atoms with E-state index in [1.165, 1.54) is 0 Å². The number of fused-ring (bicyclic) bond motifs is 1. The number of carbonyl (C=O) groups excluding carboxylic acids is 2. The SMILES string of the molecule is O=C1C(=O)N(Cl)c2cccc(Cl)c21.Oc1ccccc1.Oc1ccccc1. The van der Waals surface area contributed by atoms with Crippen LogP contribution in [0.4, 0.5) is 5.69 Å². The molecule has 2 N–H and O–H groups in total. The number of Topliss-reactive ketones (excluding diaryl/α,β-unsaturated/α-hetero) is 1. The lowest BCUT2D eigenvalue weighted by Crippen LogP contribution is -2.19. The van der Waals surface area contributed by atoms with Crippen LogP contribution in [0.2, 0.25) is 5.02 Å². The molecule has 1 heterocycles. The van der Waals surface area contributed by atoms with Gasteiger partial charge in [0.05, 0.1) is 16.3 Å². The molecule has 0 saturated carbocycles. The van der Waals surface area contributed by atoms with E-state index in [0.29, 0.717) is 17.2 Å². The Morgan fingerprint density at radius 3 is 1.56 bits per heavy atom. The molecule has 0 fully saturated rings. The maximum atomic E-state index is 11.3. The van der Waals surface area contributed by atoms with Gasteiger partial charge in [-0.3, -0.25) is 9.59 Å². The molecule has 0 spiro atoms. The number of carbonyl (C=O) groups is 2. The maximum absolute atomic E-state index is 11.3. The highest BCUT2D eigenvalue weighted by Crippen LogP contribution is 2.34. The van der Waals surface area contributed by atoms with Gasteiger partial charge >= 0.3 is 5.91 Å². The fourth-order valence-electron chi connectivity index (χ4n) is 2.06. The van der Waals surface area contributed by atoms with E-state index in [2.05, 4.69) is 0 Å². The Labute approximate surface area is 166 Å². The molecule has 4 rings (SSSR count). The third-order valence-corrected chi connectivity index (χ3v) is 3.97. The van der Waals surface area contributed by atoms with Crippen LogP contribution in [-0.2, 0) is 4.79 Å². The Morgan fingerprint density at radius 2 is 1.19 bits per heavy atom. The predicted octanol–water partition coefficient (Wildman–Crippen LogP) is 4.81. The molecule has 0 aromatic heterocycles. The summed E-state index contributed by atoms with van der Waals surface area (Å²) < 4.78 is 0.781. The van der Waals surface area contributed by atoms with Crippen LogP contribution in [0, 0.1) is 0 Å². The largest absolute Gasteiger partial charge is 0.508 e. The van der Waals surface area contributed by atoms with Gasteiger partial charge in [-0.05, 0) is 36.4 Å². The van der Waals surface area contributed by atoms with Crippen LogP contribution in [0.25, 0.3) is 0 Å². The average molecular weight is 404 g/mol. The summed E-state index contributed by atoms with van der Waals surface area (Å²) in [6, 6.07) is 22.2. The lowest BCUT2D eigenvalue weighted by Gasteiger charge is -2.03. The van der Waals surface area contributed by atoms with Crippen molar-refractivity contribution in [2.45, 2.75) is 0 Å². The van der Waals surface area contributed by atoms with Gasteiger partial charge in [0.25, 0.3) is 5.78 Å². The van der Waals surface area contributed by atoms with Gasteiger partial charge in [-0.25, -0.2) is 4.42 Å². The average Bonchev–Trinajstić information content (AvgIpc) is 2.89. The van der Waals surface area contributed by atoms with Crippen LogP contribution in [0.3, 0.4) is 0 Å². The Hall–Kier alpha value is -3.02. The number of amides is 1. The first kappa shape index (κ1) is 20.3. The third-order valence-electron chi connectivity index (χ3n) is 3.32. The normalized spacial score (nSPS) is 11.7. The fourth-order valence-corrected chi connectivity index (χ4v) is 2.54. The summed E-state index contributed by atoms with van der Waals surface area (Å²) in [4.78, 5) is 22.4. The summed E-state index contributed by atoms with van der Waals surface area (Å²) in [5.41, 5.74) is 0.535. The van der Waals surface area contributed by atoms with Crippen LogP contribution in [-0.4, -0.2) is 21.9 Å². The summed E-state index contributed by atoms with van der Waals surface area (Å²) >= 11 is 11.3. The van der Waals surface area contributed by atoms with Crippen molar-refractivity contribution in [3.63, 3.8) is 0 Å². The Bertz CT molecular complexity index is 880. The lowest BCUT2D eigenvalue weighted by molar-refractivity contribution is -0.113. The summed E-state index contributed by atoms with van der Waals surface area (Å²) in [6.07, 6.45) is 0. The van der Waals surface area contributed by atoms with E-state index in [4.69, 9.17) is 33.6 Å². The van der Waals surface area contributed by atoms with E-state index < -0.39 is 11.7 Å². The van der Waals surface area contributed by atoms with Crippen molar-refractivity contribution < 1.29 is 19.8 Å². The minimum Gasteiger partial charge on any atom is -0.508 e. The number of para-hydroxylation sites is 2. The summed E-state index contributed by atoms with van der Waals surface area (Å²) in [6.45, 7) is 0. The van der Waals surface area contributed by atoms with E-state index in [-0.39, 0.29) is 10.6 Å². The molecular weight excluding hydrogens is 389 g/mol. The smallest absolute Gasteiger partial charge is 0.314 e. The van der Waals surface area contributed by atoms with Crippen LogP contribution in [0.15, 0.2) is 78.9 Å². The molecule has 1 amide bonds. The van der Waals surface area contributed by atoms with Crippen molar-refractivity contribution in [1.82, 2.24) is 0 Å². The van der Waals surface area contributed by atoms with E-state index >= 15 is 0 Å². The van der Waals surface area contributed by atoms with Crippen LogP contribution in [0.1, 0.15) is 10.4 Å². The Kier molecular flexibility index (Phi) is 7.23. The molecular formula is C20H15Cl2NO4. The Balaban J connectivity index is 0.000000159. The zero-order valence-corrected chi connectivity index (χ0v) is 15.4. The van der Waals surface area contributed by atoms with Gasteiger partial charge in [-0.15, -0.1) is 0 Å². The first-order chi connectivity index (χ1) is 12.9. The van der Waals surface area contributed by atoms with Crippen molar-refractivity contribution in [3.05, 3.63) is 89.4 Å². The second-order valence-corrected chi connectivity index (χ2v) is 5.97. The zero-order chi connectivity index (χ0) is 19.8. The summed E-state index contributed by atoms with van der Waals surface area (Å²) in [5.74, 6) is -0.773. The van der Waals surface area contributed by atoms with E-state index in [1.54, 1.807) is 66.7 Å². The fraction of sp³-hybridized carbons (Fsp3) is 0. The van der Waals surface area contributed by atoms with Crippen LogP contribution in [0.5, 0.6) is 11.5 Å². The number of hydrogen-bond acceptors (Lipinski definition) is 4. The van der Waals surface area contributed by atoms with E-state index in [1.807, 2.05) is 12.1 Å². The molecule has 7 heteroatoms. The van der Waals surface area contributed by atoms with Gasteiger partial charge < -0.3 is 10.2 Å². The van der Waals surface area contributed by atoms with Gasteiger partial charge in [0.2, 0.25) is 0 Å². The van der Waals surface area contributed by atoms with E-state index in [0.717, 1.165) is 4.42 Å². The van der Waals surface area contributed by atoms with Crippen molar-refractivity contribution in [2.75, 3.05) is 4.42 Å². The number of halogens is 2. The molecule has 0 aliphatic carbocycles.